The maximum atomic E-state index is 13.1. The maximum absolute atomic E-state index is 13.1. The third-order valence-electron chi connectivity index (χ3n) is 3.31. The summed E-state index contributed by atoms with van der Waals surface area (Å²) in [6.45, 7) is 2.57. The topological polar surface area (TPSA) is 40.5 Å². The summed E-state index contributed by atoms with van der Waals surface area (Å²) in [6.07, 6.45) is 2.95. The minimum Gasteiger partial charge on any atom is -0.480 e. The van der Waals surface area contributed by atoms with E-state index in [0.29, 0.717) is 11.6 Å². The van der Waals surface area contributed by atoms with Crippen LogP contribution in [0.5, 0.6) is 0 Å². The van der Waals surface area contributed by atoms with Crippen LogP contribution in [0.25, 0.3) is 0 Å². The highest BCUT2D eigenvalue weighted by molar-refractivity contribution is 5.69. The van der Waals surface area contributed by atoms with Gasteiger partial charge in [-0.05, 0) is 43.4 Å². The van der Waals surface area contributed by atoms with Crippen LogP contribution < -0.4 is 0 Å². The molecule has 1 N–H and O–H groups in total. The first-order valence-corrected chi connectivity index (χ1v) is 6.27. The number of benzene rings is 1. The molecule has 2 rings (SSSR count). The number of carboxylic acid groups (broad SMARTS) is 1. The second-order valence-corrected chi connectivity index (χ2v) is 4.93. The number of aliphatic carboxylic acids is 1. The summed E-state index contributed by atoms with van der Waals surface area (Å²) in [6, 6.07) is 5.52. The van der Waals surface area contributed by atoms with Crippen molar-refractivity contribution in [3.05, 3.63) is 35.1 Å². The van der Waals surface area contributed by atoms with Gasteiger partial charge in [-0.25, -0.2) is 4.39 Å². The van der Waals surface area contributed by atoms with Crippen LogP contribution >= 0.6 is 0 Å². The van der Waals surface area contributed by atoms with Crippen molar-refractivity contribution < 1.29 is 14.3 Å². The van der Waals surface area contributed by atoms with Crippen molar-refractivity contribution in [2.24, 2.45) is 0 Å². The van der Waals surface area contributed by atoms with E-state index in [1.807, 2.05) is 11.0 Å². The SMILES string of the molecule is Cc1cc(CCN(CC(=O)O)C2CC2)ccc1F. The lowest BCUT2D eigenvalue weighted by atomic mass is 10.1. The van der Waals surface area contributed by atoms with Crippen LogP contribution in [0.1, 0.15) is 24.0 Å². The van der Waals surface area contributed by atoms with E-state index >= 15 is 0 Å². The number of hydrogen-bond acceptors (Lipinski definition) is 2. The van der Waals surface area contributed by atoms with Gasteiger partial charge in [-0.1, -0.05) is 12.1 Å². The van der Waals surface area contributed by atoms with E-state index in [2.05, 4.69) is 0 Å². The Labute approximate surface area is 106 Å². The molecule has 0 unspecified atom stereocenters. The Bertz CT molecular complexity index is 443. The molecule has 1 aromatic rings. The van der Waals surface area contributed by atoms with Gasteiger partial charge in [0.15, 0.2) is 0 Å². The highest BCUT2D eigenvalue weighted by Gasteiger charge is 2.29. The number of carbonyl (C=O) groups is 1. The molecular formula is C14H18FNO2. The zero-order chi connectivity index (χ0) is 13.1. The largest absolute Gasteiger partial charge is 0.480 e. The average molecular weight is 251 g/mol. The number of carboxylic acids is 1. The van der Waals surface area contributed by atoms with E-state index in [1.54, 1.807) is 13.0 Å². The first-order chi connectivity index (χ1) is 8.56. The van der Waals surface area contributed by atoms with Gasteiger partial charge in [-0.3, -0.25) is 9.69 Å². The molecule has 0 aromatic heterocycles. The smallest absolute Gasteiger partial charge is 0.317 e. The van der Waals surface area contributed by atoms with Gasteiger partial charge >= 0.3 is 5.97 Å². The average Bonchev–Trinajstić information content (AvgIpc) is 3.12. The first kappa shape index (κ1) is 13.0. The normalized spacial score (nSPS) is 15.1. The lowest BCUT2D eigenvalue weighted by molar-refractivity contribution is -0.138. The Hall–Kier alpha value is -1.42. The minimum absolute atomic E-state index is 0.102. The number of rotatable bonds is 6. The van der Waals surface area contributed by atoms with E-state index in [0.717, 1.165) is 31.4 Å². The van der Waals surface area contributed by atoms with Crippen molar-refractivity contribution in [1.82, 2.24) is 4.90 Å². The van der Waals surface area contributed by atoms with E-state index in [9.17, 15) is 9.18 Å². The minimum atomic E-state index is -0.780. The van der Waals surface area contributed by atoms with Gasteiger partial charge in [0.05, 0.1) is 6.54 Å². The standard InChI is InChI=1S/C14H18FNO2/c1-10-8-11(2-5-13(10)15)6-7-16(9-14(17)18)12-3-4-12/h2,5,8,12H,3-4,6-7,9H2,1H3,(H,17,18). The Morgan fingerprint density at radius 2 is 2.22 bits per heavy atom. The summed E-state index contributed by atoms with van der Waals surface area (Å²) < 4.78 is 13.1. The summed E-state index contributed by atoms with van der Waals surface area (Å²) in [5, 5.41) is 8.85. The van der Waals surface area contributed by atoms with Gasteiger partial charge in [0.2, 0.25) is 0 Å². The van der Waals surface area contributed by atoms with Crippen molar-refractivity contribution in [1.29, 1.82) is 0 Å². The van der Waals surface area contributed by atoms with E-state index < -0.39 is 5.97 Å². The molecule has 98 valence electrons. The molecule has 0 saturated heterocycles. The monoisotopic (exact) mass is 251 g/mol. The van der Waals surface area contributed by atoms with Gasteiger partial charge in [-0.15, -0.1) is 0 Å². The van der Waals surface area contributed by atoms with Crippen LogP contribution in [0.2, 0.25) is 0 Å². The van der Waals surface area contributed by atoms with Crippen molar-refractivity contribution in [3.8, 4) is 0 Å². The Balaban J connectivity index is 1.92. The Kier molecular flexibility index (Phi) is 3.97. The van der Waals surface area contributed by atoms with Crippen molar-refractivity contribution in [3.63, 3.8) is 0 Å². The van der Waals surface area contributed by atoms with Gasteiger partial charge in [-0.2, -0.15) is 0 Å². The van der Waals surface area contributed by atoms with Crippen LogP contribution in [0.4, 0.5) is 4.39 Å². The van der Waals surface area contributed by atoms with Gasteiger partial charge in [0.25, 0.3) is 0 Å². The molecule has 1 saturated carbocycles. The molecule has 1 aliphatic carbocycles. The summed E-state index contributed by atoms with van der Waals surface area (Å²) in [7, 11) is 0. The van der Waals surface area contributed by atoms with Gasteiger partial charge in [0.1, 0.15) is 5.82 Å². The predicted molar refractivity (Wildman–Crippen MR) is 67.1 cm³/mol. The summed E-state index contributed by atoms with van der Waals surface area (Å²) >= 11 is 0. The molecule has 1 aliphatic rings. The number of nitrogens with zero attached hydrogens (tertiary/aromatic N) is 1. The third kappa shape index (κ3) is 3.53. The molecule has 4 heteroatoms. The molecular weight excluding hydrogens is 233 g/mol. The molecule has 1 aromatic carbocycles. The zero-order valence-corrected chi connectivity index (χ0v) is 10.5. The zero-order valence-electron chi connectivity index (χ0n) is 10.5. The van der Waals surface area contributed by atoms with E-state index in [-0.39, 0.29) is 12.4 Å². The van der Waals surface area contributed by atoms with Crippen LogP contribution in [-0.4, -0.2) is 35.1 Å². The summed E-state index contributed by atoms with van der Waals surface area (Å²) in [5.74, 6) is -0.972. The molecule has 3 nitrogen and oxygen atoms in total. The lowest BCUT2D eigenvalue weighted by Gasteiger charge is -2.19. The molecule has 0 heterocycles. The highest BCUT2D eigenvalue weighted by Crippen LogP contribution is 2.26. The van der Waals surface area contributed by atoms with Crippen LogP contribution in [0, 0.1) is 12.7 Å². The van der Waals surface area contributed by atoms with Gasteiger partial charge < -0.3 is 5.11 Å². The van der Waals surface area contributed by atoms with E-state index in [1.165, 1.54) is 6.07 Å². The molecule has 0 radical (unpaired) electrons. The number of halogens is 1. The number of hydrogen-bond donors (Lipinski definition) is 1. The Morgan fingerprint density at radius 3 is 2.78 bits per heavy atom. The molecule has 0 amide bonds. The first-order valence-electron chi connectivity index (χ1n) is 6.27. The highest BCUT2D eigenvalue weighted by atomic mass is 19.1. The Morgan fingerprint density at radius 1 is 1.50 bits per heavy atom. The van der Waals surface area contributed by atoms with Crippen LogP contribution in [0.15, 0.2) is 18.2 Å². The molecule has 0 bridgehead atoms. The van der Waals surface area contributed by atoms with Crippen LogP contribution in [-0.2, 0) is 11.2 Å². The summed E-state index contributed by atoms with van der Waals surface area (Å²) in [5.41, 5.74) is 1.70. The fraction of sp³-hybridized carbons (Fsp3) is 0.500. The van der Waals surface area contributed by atoms with Crippen LogP contribution in [0.3, 0.4) is 0 Å². The molecule has 18 heavy (non-hydrogen) atoms. The lowest BCUT2D eigenvalue weighted by Crippen LogP contribution is -2.33. The molecule has 0 spiro atoms. The predicted octanol–water partition coefficient (Wildman–Crippen LogP) is 2.23. The fourth-order valence-corrected chi connectivity index (χ4v) is 2.14. The molecule has 0 aliphatic heterocycles. The molecule has 0 atom stereocenters. The second kappa shape index (κ2) is 5.48. The number of aryl methyl sites for hydroxylation is 1. The second-order valence-electron chi connectivity index (χ2n) is 4.93. The third-order valence-corrected chi connectivity index (χ3v) is 3.31. The fourth-order valence-electron chi connectivity index (χ4n) is 2.14. The van der Waals surface area contributed by atoms with E-state index in [4.69, 9.17) is 5.11 Å². The van der Waals surface area contributed by atoms with Crippen molar-refractivity contribution in [2.45, 2.75) is 32.2 Å². The van der Waals surface area contributed by atoms with Crippen molar-refractivity contribution in [2.75, 3.05) is 13.1 Å². The van der Waals surface area contributed by atoms with Gasteiger partial charge in [0, 0.05) is 12.6 Å². The quantitative estimate of drug-likeness (QED) is 0.842. The maximum Gasteiger partial charge on any atom is 0.317 e. The van der Waals surface area contributed by atoms with Crippen molar-refractivity contribution >= 4 is 5.97 Å². The summed E-state index contributed by atoms with van der Waals surface area (Å²) in [4.78, 5) is 12.8. The molecule has 1 fully saturated rings.